The van der Waals surface area contributed by atoms with Crippen LogP contribution in [0.3, 0.4) is 0 Å². The predicted octanol–water partition coefficient (Wildman–Crippen LogP) is 6.30. The summed E-state index contributed by atoms with van der Waals surface area (Å²) in [7, 11) is 0. The fourth-order valence-corrected chi connectivity index (χ4v) is 4.94. The van der Waals surface area contributed by atoms with E-state index in [2.05, 4.69) is 8.83 Å². The molecular formula is C34H27N3O14. The molecule has 0 amide bonds. The van der Waals surface area contributed by atoms with Crippen LogP contribution in [0.2, 0.25) is 0 Å². The zero-order valence-corrected chi connectivity index (χ0v) is 27.3. The summed E-state index contributed by atoms with van der Waals surface area (Å²) in [5, 5.41) is 34.1. The third-order valence-corrected chi connectivity index (χ3v) is 7.01. The first-order chi connectivity index (χ1) is 24.0. The van der Waals surface area contributed by atoms with Crippen molar-refractivity contribution in [2.24, 2.45) is 0 Å². The third-order valence-electron chi connectivity index (χ3n) is 7.01. The number of ether oxygens (including phenoxy) is 1. The van der Waals surface area contributed by atoms with Gasteiger partial charge in [-0.25, -0.2) is 14.4 Å². The van der Waals surface area contributed by atoms with Crippen LogP contribution in [-0.2, 0) is 16.0 Å². The van der Waals surface area contributed by atoms with Gasteiger partial charge in [-0.15, -0.1) is 0 Å². The summed E-state index contributed by atoms with van der Waals surface area (Å²) in [5.41, 5.74) is -2.15. The highest BCUT2D eigenvalue weighted by Gasteiger charge is 2.24. The first-order valence-corrected chi connectivity index (χ1v) is 14.7. The van der Waals surface area contributed by atoms with Crippen molar-refractivity contribution in [3.8, 4) is 0 Å². The van der Waals surface area contributed by atoms with Crippen LogP contribution in [0.1, 0.15) is 31.9 Å². The van der Waals surface area contributed by atoms with Gasteiger partial charge in [0, 0.05) is 17.2 Å². The smallest absolute Gasteiger partial charge is 0.343 e. The fraction of sp³-hybridized carbons (Fsp3) is 0.176. The lowest BCUT2D eigenvalue weighted by atomic mass is 10.0. The van der Waals surface area contributed by atoms with Crippen LogP contribution in [0, 0.1) is 37.3 Å². The molecule has 0 aliphatic rings. The molecule has 3 aromatic carbocycles. The zero-order chi connectivity index (χ0) is 37.6. The Labute approximate surface area is 284 Å². The maximum Gasteiger partial charge on any atom is 0.343 e. The van der Waals surface area contributed by atoms with E-state index in [1.165, 1.54) is 60.7 Å². The number of non-ortho nitro benzene ring substituents is 1. The van der Waals surface area contributed by atoms with E-state index in [-0.39, 0.29) is 50.6 Å². The van der Waals surface area contributed by atoms with Crippen LogP contribution >= 0.6 is 0 Å². The topological polar surface area (TPSA) is 246 Å². The minimum Gasteiger partial charge on any atom is -0.460 e. The highest BCUT2D eigenvalue weighted by atomic mass is 16.6. The second-order valence-corrected chi connectivity index (χ2v) is 11.6. The number of esters is 1. The van der Waals surface area contributed by atoms with Crippen LogP contribution in [0.25, 0.3) is 32.3 Å². The number of nitro benzene ring substituents is 3. The van der Waals surface area contributed by atoms with Gasteiger partial charge in [0.15, 0.2) is 0 Å². The van der Waals surface area contributed by atoms with Crippen molar-refractivity contribution >= 4 is 55.3 Å². The van der Waals surface area contributed by atoms with Crippen molar-refractivity contribution in [1.29, 1.82) is 0 Å². The summed E-state index contributed by atoms with van der Waals surface area (Å²) in [5.74, 6) is -0.571. The molecule has 0 radical (unpaired) electrons. The van der Waals surface area contributed by atoms with E-state index in [1.807, 2.05) is 0 Å². The van der Waals surface area contributed by atoms with Gasteiger partial charge >= 0.3 is 22.8 Å². The lowest BCUT2D eigenvalue weighted by Gasteiger charge is -2.19. The molecule has 0 unspecified atom stereocenters. The average molecular weight is 702 g/mol. The van der Waals surface area contributed by atoms with Crippen LogP contribution in [0.5, 0.6) is 0 Å². The molecule has 0 saturated heterocycles. The Hall–Kier alpha value is -7.04. The number of carbonyl (C=O) groups excluding carboxylic acids is 1. The minimum atomic E-state index is -0.677. The quantitative estimate of drug-likeness (QED) is 0.109. The largest absolute Gasteiger partial charge is 0.460 e. The summed E-state index contributed by atoms with van der Waals surface area (Å²) in [6, 6.07) is 14.3. The number of benzene rings is 3. The summed E-state index contributed by atoms with van der Waals surface area (Å²) in [6.07, 6.45) is 3.16. The molecule has 3 aromatic heterocycles. The molecule has 51 heavy (non-hydrogen) atoms. The molecule has 0 aliphatic heterocycles. The van der Waals surface area contributed by atoms with Crippen LogP contribution in [0.4, 0.5) is 17.1 Å². The maximum absolute atomic E-state index is 11.9. The Bertz CT molecular complexity index is 2510. The summed E-state index contributed by atoms with van der Waals surface area (Å²) in [4.78, 5) is 77.0. The van der Waals surface area contributed by atoms with E-state index in [9.17, 15) is 49.5 Å². The molecule has 0 atom stereocenters. The number of nitro groups is 3. The number of fused-ring (bicyclic) bond motifs is 3. The number of aryl methyl sites for hydroxylation is 1. The van der Waals surface area contributed by atoms with Crippen molar-refractivity contribution in [1.82, 2.24) is 0 Å². The highest BCUT2D eigenvalue weighted by molar-refractivity contribution is 5.93. The molecular weight excluding hydrogens is 674 g/mol. The number of carbonyl (C=O) groups is 1. The van der Waals surface area contributed by atoms with Crippen LogP contribution in [-0.4, -0.2) is 26.3 Å². The van der Waals surface area contributed by atoms with Gasteiger partial charge in [-0.3, -0.25) is 35.1 Å². The van der Waals surface area contributed by atoms with Gasteiger partial charge in [-0.2, -0.15) is 0 Å². The van der Waals surface area contributed by atoms with E-state index in [0.717, 1.165) is 18.8 Å². The summed E-state index contributed by atoms with van der Waals surface area (Å²) in [6.45, 7) is 6.77. The summed E-state index contributed by atoms with van der Waals surface area (Å²) < 4.78 is 19.1. The Morgan fingerprint density at radius 3 is 1.59 bits per heavy atom. The summed E-state index contributed by atoms with van der Waals surface area (Å²) >= 11 is 0. The standard InChI is InChI=1S/C15H15NO6.C10H7NO4.C9H5NO4/c1-15(2,3)22-12(17)8-9-4-5-11-10(13(9)16(19)20)6-7-21-14(11)18;1-6-2-3-8-7(9(6)11(13)14)4-5-15-10(8)12;11-9-7-2-1-3-8(10(12)13)6(7)4-5-14-9/h4-7H,8H2,1-3H3;2-5H,1H3;1-5H. The van der Waals surface area contributed by atoms with E-state index in [1.54, 1.807) is 27.7 Å². The Morgan fingerprint density at radius 2 is 1.10 bits per heavy atom. The molecule has 0 fully saturated rings. The second kappa shape index (κ2) is 15.0. The fourth-order valence-electron chi connectivity index (χ4n) is 4.94. The first-order valence-electron chi connectivity index (χ1n) is 14.7. The van der Waals surface area contributed by atoms with Gasteiger partial charge in [0.05, 0.1) is 72.3 Å². The van der Waals surface area contributed by atoms with E-state index < -0.39 is 43.2 Å². The van der Waals surface area contributed by atoms with Gasteiger partial charge in [0.25, 0.3) is 17.1 Å². The van der Waals surface area contributed by atoms with Crippen molar-refractivity contribution < 1.29 is 37.6 Å². The van der Waals surface area contributed by atoms with Crippen LogP contribution < -0.4 is 16.9 Å². The van der Waals surface area contributed by atoms with Gasteiger partial charge in [-0.1, -0.05) is 18.2 Å². The molecule has 262 valence electrons. The Balaban J connectivity index is 0.000000177. The molecule has 0 spiro atoms. The number of hydrogen-bond acceptors (Lipinski definition) is 14. The maximum atomic E-state index is 11.9. The molecule has 0 aliphatic carbocycles. The monoisotopic (exact) mass is 701 g/mol. The van der Waals surface area contributed by atoms with Crippen molar-refractivity contribution in [3.05, 3.63) is 152 Å². The van der Waals surface area contributed by atoms with Crippen molar-refractivity contribution in [2.45, 2.75) is 39.7 Å². The number of rotatable bonds is 5. The molecule has 6 aromatic rings. The van der Waals surface area contributed by atoms with Gasteiger partial charge < -0.3 is 18.0 Å². The second-order valence-electron chi connectivity index (χ2n) is 11.6. The predicted molar refractivity (Wildman–Crippen MR) is 182 cm³/mol. The molecule has 0 saturated carbocycles. The highest BCUT2D eigenvalue weighted by Crippen LogP contribution is 2.29. The number of hydrogen-bond donors (Lipinski definition) is 0. The molecule has 17 heteroatoms. The van der Waals surface area contributed by atoms with Crippen molar-refractivity contribution in [2.75, 3.05) is 0 Å². The number of nitrogens with zero attached hydrogens (tertiary/aromatic N) is 3. The van der Waals surface area contributed by atoms with E-state index >= 15 is 0 Å². The normalized spacial score (nSPS) is 10.8. The Kier molecular flexibility index (Phi) is 10.8. The van der Waals surface area contributed by atoms with E-state index in [4.69, 9.17) is 9.15 Å². The van der Waals surface area contributed by atoms with Gasteiger partial charge in [-0.05, 0) is 64.1 Å². The average Bonchev–Trinajstić information content (AvgIpc) is 3.04. The molecule has 6 rings (SSSR count). The van der Waals surface area contributed by atoms with Gasteiger partial charge in [0.2, 0.25) is 0 Å². The van der Waals surface area contributed by atoms with Crippen molar-refractivity contribution in [3.63, 3.8) is 0 Å². The minimum absolute atomic E-state index is 0.0413. The first kappa shape index (κ1) is 36.8. The molecule has 0 N–H and O–H groups in total. The third kappa shape index (κ3) is 8.52. The SMILES string of the molecule is CC(C)(C)OC(=O)Cc1ccc2c(=O)occc2c1[N+](=O)[O-].Cc1ccc2c(=O)occc2c1[N+](=O)[O-].O=c1occc2c([N+](=O)[O-])cccc12. The van der Waals surface area contributed by atoms with E-state index in [0.29, 0.717) is 16.3 Å². The van der Waals surface area contributed by atoms with Crippen LogP contribution in [0.15, 0.2) is 107 Å². The lowest BCUT2D eigenvalue weighted by Crippen LogP contribution is -2.25. The lowest BCUT2D eigenvalue weighted by molar-refractivity contribution is -0.383. The zero-order valence-electron chi connectivity index (χ0n) is 27.3. The molecule has 3 heterocycles. The Morgan fingerprint density at radius 1 is 0.627 bits per heavy atom. The molecule has 17 nitrogen and oxygen atoms in total. The molecule has 0 bridgehead atoms. The van der Waals surface area contributed by atoms with Gasteiger partial charge in [0.1, 0.15) is 5.60 Å².